The molecular weight excluding hydrogens is 390 g/mol. The highest BCUT2D eigenvalue weighted by Crippen LogP contribution is 2.25. The van der Waals surface area contributed by atoms with Crippen LogP contribution >= 0.6 is 0 Å². The van der Waals surface area contributed by atoms with Crippen molar-refractivity contribution in [2.24, 2.45) is 11.8 Å². The predicted molar refractivity (Wildman–Crippen MR) is 125 cm³/mol. The van der Waals surface area contributed by atoms with Crippen LogP contribution in [0.25, 0.3) is 0 Å². The van der Waals surface area contributed by atoms with Gasteiger partial charge in [-0.05, 0) is 77.8 Å². The Balaban J connectivity index is 1.22. The molecule has 31 heavy (non-hydrogen) atoms. The van der Waals surface area contributed by atoms with E-state index in [2.05, 4.69) is 33.1 Å². The summed E-state index contributed by atoms with van der Waals surface area (Å²) in [4.78, 5) is 27.2. The minimum atomic E-state index is -0.00806. The maximum Gasteiger partial charge on any atom is 0.237 e. The normalized spacial score (nSPS) is 29.8. The number of carbonyl (C=O) groups excluding carboxylic acids is 2. The second-order valence-electron chi connectivity index (χ2n) is 10.0. The van der Waals surface area contributed by atoms with Gasteiger partial charge in [0.1, 0.15) is 0 Å². The quantitative estimate of drug-likeness (QED) is 0.392. The number of nitrogens with zero attached hydrogens (tertiary/aromatic N) is 1. The average Bonchev–Trinajstić information content (AvgIpc) is 3.27. The lowest BCUT2D eigenvalue weighted by atomic mass is 9.89. The van der Waals surface area contributed by atoms with Gasteiger partial charge in [-0.15, -0.1) is 0 Å². The van der Waals surface area contributed by atoms with Gasteiger partial charge in [0.2, 0.25) is 11.8 Å². The van der Waals surface area contributed by atoms with Crippen molar-refractivity contribution in [2.75, 3.05) is 39.8 Å². The molecule has 4 atom stereocenters. The Morgan fingerprint density at radius 1 is 0.968 bits per heavy atom. The standard InChI is InChI=1S/C24H45N5O2/c1-18-6-7-20(17-27-18)24(31)29-15-11-19(12-16-29)5-3-4-13-26-23(30)22-9-8-21(28-22)10-14-25-2/h18-22,25,27-28H,3-17H2,1-2H3,(H,26,30). The minimum Gasteiger partial charge on any atom is -0.355 e. The molecule has 3 aliphatic heterocycles. The Bertz CT molecular complexity index is 556. The van der Waals surface area contributed by atoms with E-state index < -0.39 is 0 Å². The van der Waals surface area contributed by atoms with Gasteiger partial charge in [-0.3, -0.25) is 9.59 Å². The van der Waals surface area contributed by atoms with Crippen LogP contribution in [0.15, 0.2) is 0 Å². The summed E-state index contributed by atoms with van der Waals surface area (Å²) in [5.74, 6) is 1.46. The molecule has 3 fully saturated rings. The van der Waals surface area contributed by atoms with E-state index in [9.17, 15) is 9.59 Å². The third-order valence-corrected chi connectivity index (χ3v) is 7.57. The second-order valence-corrected chi connectivity index (χ2v) is 10.0. The smallest absolute Gasteiger partial charge is 0.237 e. The van der Waals surface area contributed by atoms with Gasteiger partial charge in [0.15, 0.2) is 0 Å². The van der Waals surface area contributed by atoms with Crippen LogP contribution in [0.3, 0.4) is 0 Å². The molecule has 0 aliphatic carbocycles. The molecule has 3 aliphatic rings. The van der Waals surface area contributed by atoms with E-state index in [1.165, 1.54) is 6.42 Å². The minimum absolute atomic E-state index is 0.00806. The zero-order valence-electron chi connectivity index (χ0n) is 19.8. The predicted octanol–water partition coefficient (Wildman–Crippen LogP) is 1.63. The van der Waals surface area contributed by atoms with Crippen LogP contribution in [0.4, 0.5) is 0 Å². The molecule has 0 bridgehead atoms. The zero-order valence-corrected chi connectivity index (χ0v) is 19.8. The van der Waals surface area contributed by atoms with Gasteiger partial charge in [0.05, 0.1) is 12.0 Å². The first-order valence-corrected chi connectivity index (χ1v) is 12.8. The first-order chi connectivity index (χ1) is 15.1. The van der Waals surface area contributed by atoms with Gasteiger partial charge in [-0.2, -0.15) is 0 Å². The van der Waals surface area contributed by atoms with Crippen molar-refractivity contribution in [1.82, 2.24) is 26.2 Å². The fourth-order valence-electron chi connectivity index (χ4n) is 5.37. The van der Waals surface area contributed by atoms with Gasteiger partial charge < -0.3 is 26.2 Å². The zero-order chi connectivity index (χ0) is 22.1. The third kappa shape index (κ3) is 7.72. The SMILES string of the molecule is CNCCC1CCC(C(=O)NCCCCC2CCN(C(=O)C3CCC(C)NC3)CC2)N1. The Morgan fingerprint density at radius 3 is 2.48 bits per heavy atom. The van der Waals surface area contributed by atoms with Crippen molar-refractivity contribution in [1.29, 1.82) is 0 Å². The number of hydrogen-bond acceptors (Lipinski definition) is 5. The summed E-state index contributed by atoms with van der Waals surface area (Å²) >= 11 is 0. The van der Waals surface area contributed by atoms with Gasteiger partial charge in [0, 0.05) is 38.3 Å². The average molecular weight is 436 g/mol. The lowest BCUT2D eigenvalue weighted by Gasteiger charge is -2.36. The molecule has 0 aromatic heterocycles. The van der Waals surface area contributed by atoms with Crippen LogP contribution in [-0.4, -0.2) is 74.6 Å². The van der Waals surface area contributed by atoms with E-state index in [0.717, 1.165) is 96.4 Å². The van der Waals surface area contributed by atoms with Gasteiger partial charge in [-0.1, -0.05) is 12.8 Å². The molecule has 3 rings (SSSR count). The highest BCUT2D eigenvalue weighted by atomic mass is 16.2. The molecule has 4 unspecified atom stereocenters. The number of likely N-dealkylation sites (tertiary alicyclic amines) is 1. The molecule has 4 N–H and O–H groups in total. The fraction of sp³-hybridized carbons (Fsp3) is 0.917. The molecule has 7 nitrogen and oxygen atoms in total. The molecule has 0 aromatic rings. The lowest BCUT2D eigenvalue weighted by Crippen LogP contribution is -2.47. The maximum atomic E-state index is 12.7. The van der Waals surface area contributed by atoms with E-state index in [4.69, 9.17) is 0 Å². The molecular formula is C24H45N5O2. The number of nitrogens with one attached hydrogen (secondary N) is 4. The van der Waals surface area contributed by atoms with Crippen molar-refractivity contribution >= 4 is 11.8 Å². The Labute approximate surface area is 188 Å². The molecule has 0 radical (unpaired) electrons. The van der Waals surface area contributed by atoms with Crippen molar-refractivity contribution in [2.45, 2.75) is 89.3 Å². The molecule has 3 heterocycles. The fourth-order valence-corrected chi connectivity index (χ4v) is 5.37. The molecule has 0 aromatic carbocycles. The van der Waals surface area contributed by atoms with E-state index >= 15 is 0 Å². The summed E-state index contributed by atoms with van der Waals surface area (Å²) in [7, 11) is 1.97. The Morgan fingerprint density at radius 2 is 1.77 bits per heavy atom. The molecule has 7 heteroatoms. The number of carbonyl (C=O) groups is 2. The van der Waals surface area contributed by atoms with E-state index in [-0.39, 0.29) is 17.9 Å². The molecule has 0 saturated carbocycles. The first kappa shape index (κ1) is 24.5. The topological polar surface area (TPSA) is 85.5 Å². The van der Waals surface area contributed by atoms with Crippen molar-refractivity contribution in [3.8, 4) is 0 Å². The maximum absolute atomic E-state index is 12.7. The van der Waals surface area contributed by atoms with Crippen LogP contribution in [-0.2, 0) is 9.59 Å². The molecule has 178 valence electrons. The number of unbranched alkanes of at least 4 members (excludes halogenated alkanes) is 1. The lowest BCUT2D eigenvalue weighted by molar-refractivity contribution is -0.137. The highest BCUT2D eigenvalue weighted by molar-refractivity contribution is 5.82. The highest BCUT2D eigenvalue weighted by Gasteiger charge is 2.30. The largest absolute Gasteiger partial charge is 0.355 e. The number of amides is 2. The molecule has 3 saturated heterocycles. The van der Waals surface area contributed by atoms with E-state index in [1.54, 1.807) is 0 Å². The van der Waals surface area contributed by atoms with Crippen LogP contribution in [0.1, 0.15) is 71.1 Å². The monoisotopic (exact) mass is 435 g/mol. The molecule has 0 spiro atoms. The van der Waals surface area contributed by atoms with Crippen molar-refractivity contribution < 1.29 is 9.59 Å². The summed E-state index contributed by atoms with van der Waals surface area (Å²) in [6.07, 6.45) is 11.0. The summed E-state index contributed by atoms with van der Waals surface area (Å²) in [6.45, 7) is 6.67. The number of hydrogen-bond donors (Lipinski definition) is 4. The third-order valence-electron chi connectivity index (χ3n) is 7.57. The van der Waals surface area contributed by atoms with Crippen molar-refractivity contribution in [3.05, 3.63) is 0 Å². The summed E-state index contributed by atoms with van der Waals surface area (Å²) in [5, 5.41) is 13.2. The summed E-state index contributed by atoms with van der Waals surface area (Å²) < 4.78 is 0. The van der Waals surface area contributed by atoms with Crippen LogP contribution in [0.5, 0.6) is 0 Å². The first-order valence-electron chi connectivity index (χ1n) is 12.8. The second kappa shape index (κ2) is 12.8. The van der Waals surface area contributed by atoms with Gasteiger partial charge in [-0.25, -0.2) is 0 Å². The number of rotatable bonds is 10. The van der Waals surface area contributed by atoms with Crippen LogP contribution in [0.2, 0.25) is 0 Å². The molecule has 2 amide bonds. The van der Waals surface area contributed by atoms with E-state index in [1.807, 2.05) is 7.05 Å². The summed E-state index contributed by atoms with van der Waals surface area (Å²) in [5.41, 5.74) is 0. The van der Waals surface area contributed by atoms with Gasteiger partial charge in [0.25, 0.3) is 0 Å². The van der Waals surface area contributed by atoms with Gasteiger partial charge >= 0.3 is 0 Å². The number of piperidine rings is 2. The van der Waals surface area contributed by atoms with Crippen LogP contribution in [0, 0.1) is 11.8 Å². The van der Waals surface area contributed by atoms with E-state index in [0.29, 0.717) is 18.0 Å². The summed E-state index contributed by atoms with van der Waals surface area (Å²) in [6, 6.07) is 1.01. The van der Waals surface area contributed by atoms with Crippen molar-refractivity contribution in [3.63, 3.8) is 0 Å². The Kier molecular flexibility index (Phi) is 10.1. The van der Waals surface area contributed by atoms with Crippen LogP contribution < -0.4 is 21.3 Å². The Hall–Kier alpha value is -1.18.